The largest absolute Gasteiger partial charge is 0.444 e. The molecule has 22 heavy (non-hydrogen) atoms. The summed E-state index contributed by atoms with van der Waals surface area (Å²) >= 11 is 0. The number of nitrogens with zero attached hydrogens (tertiary/aromatic N) is 2. The molecule has 0 aliphatic heterocycles. The second kappa shape index (κ2) is 8.20. The van der Waals surface area contributed by atoms with E-state index in [1.54, 1.807) is 0 Å². The fourth-order valence-electron chi connectivity index (χ4n) is 2.24. The Morgan fingerprint density at radius 2 is 2.00 bits per heavy atom. The van der Waals surface area contributed by atoms with Crippen LogP contribution in [0.4, 0.5) is 4.79 Å². The Labute approximate surface area is 134 Å². The highest BCUT2D eigenvalue weighted by Gasteiger charge is 2.16. The molecule has 1 aromatic heterocycles. The van der Waals surface area contributed by atoms with Crippen LogP contribution < -0.4 is 5.32 Å². The summed E-state index contributed by atoms with van der Waals surface area (Å²) in [6, 6.07) is 0.432. The molecule has 0 bridgehead atoms. The maximum atomic E-state index is 11.6. The summed E-state index contributed by atoms with van der Waals surface area (Å²) in [5.74, 6) is 0.711. The Balaban J connectivity index is 2.44. The van der Waals surface area contributed by atoms with Gasteiger partial charge in [-0.05, 0) is 46.5 Å². The number of nitrogens with one attached hydrogen (secondary N) is 1. The zero-order valence-electron chi connectivity index (χ0n) is 14.8. The number of aromatic nitrogens is 2. The maximum absolute atomic E-state index is 11.6. The first-order chi connectivity index (χ1) is 10.2. The van der Waals surface area contributed by atoms with Gasteiger partial charge >= 0.3 is 6.09 Å². The number of imidazole rings is 1. The molecular weight excluding hydrogens is 278 g/mol. The number of carbonyl (C=O) groups is 1. The van der Waals surface area contributed by atoms with Gasteiger partial charge in [0.15, 0.2) is 0 Å². The molecule has 1 N–H and O–H groups in total. The first-order valence-corrected chi connectivity index (χ1v) is 8.16. The highest BCUT2D eigenvalue weighted by Crippen LogP contribution is 2.18. The van der Waals surface area contributed by atoms with Gasteiger partial charge in [-0.3, -0.25) is 0 Å². The van der Waals surface area contributed by atoms with E-state index in [2.05, 4.69) is 35.6 Å². The highest BCUT2D eigenvalue weighted by molar-refractivity contribution is 5.67. The van der Waals surface area contributed by atoms with E-state index in [9.17, 15) is 4.79 Å². The number of rotatable bonds is 7. The van der Waals surface area contributed by atoms with Crippen molar-refractivity contribution in [3.63, 3.8) is 0 Å². The minimum atomic E-state index is -0.461. The van der Waals surface area contributed by atoms with Crippen LogP contribution in [-0.2, 0) is 11.2 Å². The standard InChI is InChI=1S/C17H31N3O2/c1-13(2)7-8-14(3)20-12-18-11-15(20)9-10-19-16(21)22-17(4,5)6/h11-14H,7-10H2,1-6H3,(H,19,21). The third-order valence-electron chi connectivity index (χ3n) is 3.43. The SMILES string of the molecule is CC(C)CCC(C)n1cncc1CCNC(=O)OC(C)(C)C. The Morgan fingerprint density at radius 1 is 1.32 bits per heavy atom. The molecule has 126 valence electrons. The molecule has 5 nitrogen and oxygen atoms in total. The molecule has 1 aromatic rings. The van der Waals surface area contributed by atoms with Crippen LogP contribution in [0.5, 0.6) is 0 Å². The van der Waals surface area contributed by atoms with Crippen LogP contribution >= 0.6 is 0 Å². The normalized spacial score (nSPS) is 13.2. The Morgan fingerprint density at radius 3 is 2.59 bits per heavy atom. The van der Waals surface area contributed by atoms with Crippen LogP contribution in [0.2, 0.25) is 0 Å². The van der Waals surface area contributed by atoms with Gasteiger partial charge < -0.3 is 14.6 Å². The van der Waals surface area contributed by atoms with E-state index in [1.165, 1.54) is 6.42 Å². The fraction of sp³-hybridized carbons (Fsp3) is 0.765. The lowest BCUT2D eigenvalue weighted by molar-refractivity contribution is 0.0528. The van der Waals surface area contributed by atoms with Gasteiger partial charge in [0, 0.05) is 30.9 Å². The zero-order valence-corrected chi connectivity index (χ0v) is 14.8. The summed E-state index contributed by atoms with van der Waals surface area (Å²) in [4.78, 5) is 15.9. The third kappa shape index (κ3) is 6.96. The van der Waals surface area contributed by atoms with E-state index < -0.39 is 5.60 Å². The van der Waals surface area contributed by atoms with Crippen LogP contribution in [0.1, 0.15) is 66.1 Å². The lowest BCUT2D eigenvalue weighted by atomic mass is 10.0. The molecule has 1 heterocycles. The van der Waals surface area contributed by atoms with Crippen molar-refractivity contribution in [2.45, 2.75) is 72.4 Å². The first-order valence-electron chi connectivity index (χ1n) is 8.16. The molecule has 1 atom stereocenters. The molecule has 1 rings (SSSR count). The van der Waals surface area contributed by atoms with Crippen molar-refractivity contribution in [1.82, 2.24) is 14.9 Å². The van der Waals surface area contributed by atoms with Crippen LogP contribution in [0, 0.1) is 5.92 Å². The molecule has 0 radical (unpaired) electrons. The molecule has 0 aromatic carbocycles. The molecule has 1 unspecified atom stereocenters. The molecule has 1 amide bonds. The monoisotopic (exact) mass is 309 g/mol. The number of alkyl carbamates (subject to hydrolysis) is 1. The van der Waals surface area contributed by atoms with Crippen molar-refractivity contribution < 1.29 is 9.53 Å². The van der Waals surface area contributed by atoms with Gasteiger partial charge in [-0.2, -0.15) is 0 Å². The summed E-state index contributed by atoms with van der Waals surface area (Å²) in [6.07, 6.45) is 6.49. The lowest BCUT2D eigenvalue weighted by Crippen LogP contribution is -2.33. The van der Waals surface area contributed by atoms with Crippen LogP contribution in [-0.4, -0.2) is 27.8 Å². The molecule has 0 saturated carbocycles. The van der Waals surface area contributed by atoms with E-state index in [1.807, 2.05) is 33.3 Å². The van der Waals surface area contributed by atoms with Crippen molar-refractivity contribution in [3.8, 4) is 0 Å². The number of ether oxygens (including phenoxy) is 1. The van der Waals surface area contributed by atoms with Crippen molar-refractivity contribution in [2.75, 3.05) is 6.54 Å². The van der Waals surface area contributed by atoms with Gasteiger partial charge in [0.25, 0.3) is 0 Å². The van der Waals surface area contributed by atoms with Crippen molar-refractivity contribution in [1.29, 1.82) is 0 Å². The van der Waals surface area contributed by atoms with Crippen LogP contribution in [0.25, 0.3) is 0 Å². The zero-order chi connectivity index (χ0) is 16.8. The highest BCUT2D eigenvalue weighted by atomic mass is 16.6. The van der Waals surface area contributed by atoms with Crippen molar-refractivity contribution >= 4 is 6.09 Å². The quantitative estimate of drug-likeness (QED) is 0.829. The van der Waals surface area contributed by atoms with Gasteiger partial charge in [-0.25, -0.2) is 9.78 Å². The molecule has 0 aliphatic carbocycles. The molecule has 0 spiro atoms. The topological polar surface area (TPSA) is 56.2 Å². The first kappa shape index (κ1) is 18.5. The predicted octanol–water partition coefficient (Wildman–Crippen LogP) is 3.95. The Kier molecular flexibility index (Phi) is 6.91. The number of carbonyl (C=O) groups excluding carboxylic acids is 1. The summed E-state index contributed by atoms with van der Waals surface area (Å²) in [6.45, 7) is 12.8. The average molecular weight is 309 g/mol. The van der Waals surface area contributed by atoms with E-state index in [0.717, 1.165) is 18.5 Å². The van der Waals surface area contributed by atoms with Gasteiger partial charge in [-0.15, -0.1) is 0 Å². The van der Waals surface area contributed by atoms with Crippen molar-refractivity contribution in [2.24, 2.45) is 5.92 Å². The van der Waals surface area contributed by atoms with Gasteiger partial charge in [0.05, 0.1) is 6.33 Å². The van der Waals surface area contributed by atoms with E-state index in [4.69, 9.17) is 4.74 Å². The second-order valence-corrected chi connectivity index (χ2v) is 7.29. The molecule has 5 heteroatoms. The van der Waals surface area contributed by atoms with Crippen LogP contribution in [0.15, 0.2) is 12.5 Å². The average Bonchev–Trinajstić information content (AvgIpc) is 2.82. The predicted molar refractivity (Wildman–Crippen MR) is 89.0 cm³/mol. The minimum Gasteiger partial charge on any atom is -0.444 e. The molecule has 0 saturated heterocycles. The third-order valence-corrected chi connectivity index (χ3v) is 3.43. The number of amides is 1. The molecular formula is C17H31N3O2. The molecule has 0 fully saturated rings. The fourth-order valence-corrected chi connectivity index (χ4v) is 2.24. The summed E-state index contributed by atoms with van der Waals surface area (Å²) in [7, 11) is 0. The van der Waals surface area contributed by atoms with E-state index >= 15 is 0 Å². The minimum absolute atomic E-state index is 0.369. The smallest absolute Gasteiger partial charge is 0.407 e. The second-order valence-electron chi connectivity index (χ2n) is 7.29. The van der Waals surface area contributed by atoms with Gasteiger partial charge in [-0.1, -0.05) is 13.8 Å². The Bertz CT molecular complexity index is 461. The Hall–Kier alpha value is -1.52. The summed E-state index contributed by atoms with van der Waals surface area (Å²) < 4.78 is 7.43. The maximum Gasteiger partial charge on any atom is 0.407 e. The van der Waals surface area contributed by atoms with E-state index in [0.29, 0.717) is 18.5 Å². The van der Waals surface area contributed by atoms with Gasteiger partial charge in [0.2, 0.25) is 0 Å². The van der Waals surface area contributed by atoms with Crippen molar-refractivity contribution in [3.05, 3.63) is 18.2 Å². The summed E-state index contributed by atoms with van der Waals surface area (Å²) in [5, 5.41) is 2.79. The van der Waals surface area contributed by atoms with E-state index in [-0.39, 0.29) is 6.09 Å². The molecule has 0 aliphatic rings. The summed E-state index contributed by atoms with van der Waals surface area (Å²) in [5.41, 5.74) is 0.685. The number of hydrogen-bond donors (Lipinski definition) is 1. The number of hydrogen-bond acceptors (Lipinski definition) is 3. The van der Waals surface area contributed by atoms with Crippen LogP contribution in [0.3, 0.4) is 0 Å². The lowest BCUT2D eigenvalue weighted by Gasteiger charge is -2.20. The van der Waals surface area contributed by atoms with Gasteiger partial charge in [0.1, 0.15) is 5.60 Å².